The third-order valence-corrected chi connectivity index (χ3v) is 4.87. The molecule has 2 aromatic rings. The van der Waals surface area contributed by atoms with Crippen molar-refractivity contribution in [2.45, 2.75) is 31.5 Å². The molecule has 8 heteroatoms. The molecule has 134 valence electrons. The molecule has 0 saturated carbocycles. The summed E-state index contributed by atoms with van der Waals surface area (Å²) >= 11 is 1.53. The molecule has 0 radical (unpaired) electrons. The molecule has 0 unspecified atom stereocenters. The Morgan fingerprint density at radius 1 is 1.40 bits per heavy atom. The second-order valence-corrected chi connectivity index (χ2v) is 6.89. The van der Waals surface area contributed by atoms with Crippen LogP contribution in [-0.4, -0.2) is 46.1 Å². The molecule has 1 saturated heterocycles. The molecule has 25 heavy (non-hydrogen) atoms. The number of thiazole rings is 1. The Labute approximate surface area is 148 Å². The van der Waals surface area contributed by atoms with Crippen molar-refractivity contribution in [3.8, 4) is 0 Å². The second kappa shape index (κ2) is 7.99. The number of carbonyl (C=O) groups excluding carboxylic acids is 1. The molecule has 1 amide bonds. The number of hydrogen-bond donors (Lipinski definition) is 2. The number of nitrogens with zero attached hydrogens (tertiary/aromatic N) is 2. The summed E-state index contributed by atoms with van der Waals surface area (Å²) in [5, 5.41) is 15.0. The highest BCUT2D eigenvalue weighted by Gasteiger charge is 2.29. The van der Waals surface area contributed by atoms with E-state index < -0.39 is 17.7 Å². The predicted molar refractivity (Wildman–Crippen MR) is 90.0 cm³/mol. The van der Waals surface area contributed by atoms with Crippen molar-refractivity contribution in [1.82, 2.24) is 15.2 Å². The van der Waals surface area contributed by atoms with Gasteiger partial charge in [0.1, 0.15) is 0 Å². The molecule has 2 heterocycles. The molecule has 1 aliphatic heterocycles. The molecule has 1 aliphatic rings. The van der Waals surface area contributed by atoms with Crippen molar-refractivity contribution in [3.63, 3.8) is 0 Å². The molecule has 0 bridgehead atoms. The van der Waals surface area contributed by atoms with Gasteiger partial charge in [-0.15, -0.1) is 11.3 Å². The molecule has 2 atom stereocenters. The first-order valence-corrected chi connectivity index (χ1v) is 8.96. The number of aromatic nitrogens is 1. The van der Waals surface area contributed by atoms with Gasteiger partial charge in [-0.25, -0.2) is 13.8 Å². The van der Waals surface area contributed by atoms with Crippen LogP contribution in [0.15, 0.2) is 29.1 Å². The van der Waals surface area contributed by atoms with E-state index >= 15 is 0 Å². The van der Waals surface area contributed by atoms with Crippen molar-refractivity contribution in [3.05, 3.63) is 52.0 Å². The first kappa shape index (κ1) is 17.9. The number of halogens is 2. The lowest BCUT2D eigenvalue weighted by Gasteiger charge is -2.36. The SMILES string of the molecule is O=C(Cc1ccc(F)c(F)c1)N[C@@H]1CCN(Cc2cscn2)C[C@H]1O. The summed E-state index contributed by atoms with van der Waals surface area (Å²) in [7, 11) is 0. The number of hydrogen-bond acceptors (Lipinski definition) is 5. The highest BCUT2D eigenvalue weighted by molar-refractivity contribution is 7.07. The molecular weight excluding hydrogens is 348 g/mol. The van der Waals surface area contributed by atoms with Crippen LogP contribution < -0.4 is 5.32 Å². The van der Waals surface area contributed by atoms with Crippen LogP contribution in [0.4, 0.5) is 8.78 Å². The number of nitrogens with one attached hydrogen (secondary N) is 1. The van der Waals surface area contributed by atoms with Crippen LogP contribution in [0.1, 0.15) is 17.7 Å². The van der Waals surface area contributed by atoms with Crippen LogP contribution in [-0.2, 0) is 17.8 Å². The summed E-state index contributed by atoms with van der Waals surface area (Å²) in [5.74, 6) is -2.23. The van der Waals surface area contributed by atoms with Gasteiger partial charge in [0, 0.05) is 25.0 Å². The van der Waals surface area contributed by atoms with Crippen LogP contribution in [0.2, 0.25) is 0 Å². The zero-order valence-corrected chi connectivity index (χ0v) is 14.3. The standard InChI is InChI=1S/C17H19F2N3O2S/c18-13-2-1-11(5-14(13)19)6-17(24)21-15-3-4-22(8-16(15)23)7-12-9-25-10-20-12/h1-2,5,9-10,15-16,23H,3-4,6-8H2,(H,21,24)/t15-,16-/m1/s1. The van der Waals surface area contributed by atoms with Gasteiger partial charge in [-0.2, -0.15) is 0 Å². The Bertz CT molecular complexity index is 727. The van der Waals surface area contributed by atoms with E-state index in [2.05, 4.69) is 15.2 Å². The van der Waals surface area contributed by atoms with Gasteiger partial charge >= 0.3 is 0 Å². The highest BCUT2D eigenvalue weighted by atomic mass is 32.1. The maximum Gasteiger partial charge on any atom is 0.224 e. The van der Waals surface area contributed by atoms with E-state index in [9.17, 15) is 18.7 Å². The van der Waals surface area contributed by atoms with Crippen molar-refractivity contribution in [1.29, 1.82) is 0 Å². The number of amides is 1. The van der Waals surface area contributed by atoms with E-state index in [1.165, 1.54) is 17.4 Å². The van der Waals surface area contributed by atoms with E-state index in [1.54, 1.807) is 5.51 Å². The Balaban J connectivity index is 1.49. The van der Waals surface area contributed by atoms with E-state index in [4.69, 9.17) is 0 Å². The van der Waals surface area contributed by atoms with Crippen molar-refractivity contribution in [2.75, 3.05) is 13.1 Å². The molecule has 3 rings (SSSR count). The molecule has 5 nitrogen and oxygen atoms in total. The first-order chi connectivity index (χ1) is 12.0. The average Bonchev–Trinajstić information content (AvgIpc) is 3.06. The number of rotatable bonds is 5. The molecule has 0 spiro atoms. The number of carbonyl (C=O) groups is 1. The first-order valence-electron chi connectivity index (χ1n) is 8.02. The maximum atomic E-state index is 13.2. The Morgan fingerprint density at radius 3 is 2.92 bits per heavy atom. The second-order valence-electron chi connectivity index (χ2n) is 6.17. The summed E-state index contributed by atoms with van der Waals surface area (Å²) in [6.45, 7) is 1.87. The largest absolute Gasteiger partial charge is 0.390 e. The van der Waals surface area contributed by atoms with Gasteiger partial charge in [0.05, 0.1) is 29.8 Å². The van der Waals surface area contributed by atoms with Crippen molar-refractivity contribution >= 4 is 17.2 Å². The van der Waals surface area contributed by atoms with E-state index in [-0.39, 0.29) is 18.4 Å². The lowest BCUT2D eigenvalue weighted by Crippen LogP contribution is -2.54. The number of likely N-dealkylation sites (tertiary alicyclic amines) is 1. The monoisotopic (exact) mass is 367 g/mol. The zero-order chi connectivity index (χ0) is 17.8. The van der Waals surface area contributed by atoms with E-state index in [1.807, 2.05) is 5.38 Å². The molecule has 1 aromatic carbocycles. The van der Waals surface area contributed by atoms with Gasteiger partial charge in [0.2, 0.25) is 5.91 Å². The fourth-order valence-corrected chi connectivity index (χ4v) is 3.50. The lowest BCUT2D eigenvalue weighted by atomic mass is 10.0. The minimum atomic E-state index is -0.972. The third kappa shape index (κ3) is 4.81. The lowest BCUT2D eigenvalue weighted by molar-refractivity contribution is -0.122. The Hall–Kier alpha value is -1.90. The normalized spacial score (nSPS) is 21.2. The summed E-state index contributed by atoms with van der Waals surface area (Å²) in [6, 6.07) is 3.06. The van der Waals surface area contributed by atoms with Crippen LogP contribution in [0, 0.1) is 11.6 Å². The third-order valence-electron chi connectivity index (χ3n) is 4.23. The van der Waals surface area contributed by atoms with Gasteiger partial charge < -0.3 is 10.4 Å². The van der Waals surface area contributed by atoms with Gasteiger partial charge in [0.15, 0.2) is 11.6 Å². The number of benzene rings is 1. The fourth-order valence-electron chi connectivity index (χ4n) is 2.95. The van der Waals surface area contributed by atoms with Gasteiger partial charge in [0.25, 0.3) is 0 Å². The molecule has 1 aromatic heterocycles. The minimum Gasteiger partial charge on any atom is -0.390 e. The molecule has 1 fully saturated rings. The smallest absolute Gasteiger partial charge is 0.224 e. The number of aliphatic hydroxyl groups is 1. The Kier molecular flexibility index (Phi) is 5.72. The molecular formula is C17H19F2N3O2S. The van der Waals surface area contributed by atoms with Crippen molar-refractivity contribution in [2.24, 2.45) is 0 Å². The number of piperidine rings is 1. The Morgan fingerprint density at radius 2 is 2.24 bits per heavy atom. The number of aliphatic hydroxyl groups excluding tert-OH is 1. The fraction of sp³-hybridized carbons (Fsp3) is 0.412. The van der Waals surface area contributed by atoms with Crippen molar-refractivity contribution < 1.29 is 18.7 Å². The van der Waals surface area contributed by atoms with E-state index in [0.29, 0.717) is 25.1 Å². The summed E-state index contributed by atoms with van der Waals surface area (Å²) in [5.41, 5.74) is 3.14. The predicted octanol–water partition coefficient (Wildman–Crippen LogP) is 1.72. The highest BCUT2D eigenvalue weighted by Crippen LogP contribution is 2.15. The summed E-state index contributed by atoms with van der Waals surface area (Å²) < 4.78 is 26.1. The summed E-state index contributed by atoms with van der Waals surface area (Å²) in [4.78, 5) is 18.4. The van der Waals surface area contributed by atoms with Gasteiger partial charge in [-0.05, 0) is 24.1 Å². The van der Waals surface area contributed by atoms with Gasteiger partial charge in [-0.1, -0.05) is 6.07 Å². The molecule has 2 N–H and O–H groups in total. The van der Waals surface area contributed by atoms with Crippen LogP contribution in [0.5, 0.6) is 0 Å². The maximum absolute atomic E-state index is 13.2. The van der Waals surface area contributed by atoms with E-state index in [0.717, 1.165) is 24.4 Å². The van der Waals surface area contributed by atoms with Gasteiger partial charge in [-0.3, -0.25) is 9.69 Å². The zero-order valence-electron chi connectivity index (χ0n) is 13.5. The van der Waals surface area contributed by atoms with Crippen LogP contribution in [0.3, 0.4) is 0 Å². The minimum absolute atomic E-state index is 0.0526. The average molecular weight is 367 g/mol. The van der Waals surface area contributed by atoms with Crippen LogP contribution in [0.25, 0.3) is 0 Å². The summed E-state index contributed by atoms with van der Waals surface area (Å²) in [6.07, 6.45) is -0.112. The molecule has 0 aliphatic carbocycles. The topological polar surface area (TPSA) is 65.5 Å². The quantitative estimate of drug-likeness (QED) is 0.845. The van der Waals surface area contributed by atoms with Crippen LogP contribution >= 0.6 is 11.3 Å². The number of β-amino-alcohol motifs (C(OH)–C–C–N with tert-alkyl or cyclic N) is 1.